The van der Waals surface area contributed by atoms with Crippen molar-refractivity contribution in [1.29, 1.82) is 0 Å². The quantitative estimate of drug-likeness (QED) is 0.226. The summed E-state index contributed by atoms with van der Waals surface area (Å²) < 4.78 is 31.3. The average Bonchev–Trinajstić information content (AvgIpc) is 3.38. The smallest absolute Gasteiger partial charge is 0.131 e. The maximum Gasteiger partial charge on any atom is 0.131 e. The molecule has 5 rings (SSSR count). The molecule has 4 aliphatic heterocycles. The Hall–Kier alpha value is -1.98. The van der Waals surface area contributed by atoms with Gasteiger partial charge in [0.1, 0.15) is 28.3 Å². The van der Waals surface area contributed by atoms with Crippen molar-refractivity contribution in [2.24, 2.45) is 70.4 Å². The van der Waals surface area contributed by atoms with Crippen LogP contribution in [-0.4, -0.2) is 39.2 Å². The van der Waals surface area contributed by atoms with E-state index in [0.29, 0.717) is 0 Å². The summed E-state index contributed by atoms with van der Waals surface area (Å²) in [6.07, 6.45) is 0. The Morgan fingerprint density at radius 1 is 0.165 bits per heavy atom. The fourth-order valence-electron chi connectivity index (χ4n) is 14.9. The highest BCUT2D eigenvalue weighted by Crippen LogP contribution is 2.70. The summed E-state index contributed by atoms with van der Waals surface area (Å²) >= 11 is 0. The average molecular weight is 1190 g/mol. The van der Waals surface area contributed by atoms with Crippen LogP contribution < -0.4 is 0 Å². The van der Waals surface area contributed by atoms with Crippen molar-refractivity contribution in [2.75, 3.05) is 0 Å². The van der Waals surface area contributed by atoms with Crippen LogP contribution in [0.4, 0.5) is 0 Å². The lowest BCUT2D eigenvalue weighted by Crippen LogP contribution is -2.54. The first kappa shape index (κ1) is 81.0. The predicted molar refractivity (Wildman–Crippen MR) is 375 cm³/mol. The zero-order valence-corrected chi connectivity index (χ0v) is 67.0. The summed E-state index contributed by atoms with van der Waals surface area (Å²) in [6, 6.07) is 0. The van der Waals surface area contributed by atoms with Crippen LogP contribution in [0, 0.1) is 70.4 Å². The van der Waals surface area contributed by atoms with E-state index < -0.39 is 0 Å². The molecule has 5 heteroatoms. The van der Waals surface area contributed by atoms with Crippen LogP contribution in [0.1, 0.15) is 346 Å². The first-order valence-electron chi connectivity index (χ1n) is 33.3. The molecule has 0 unspecified atom stereocenters. The molecule has 0 amide bonds. The minimum atomic E-state index is -0.238. The summed E-state index contributed by atoms with van der Waals surface area (Å²) in [7, 11) is 0. The van der Waals surface area contributed by atoms with Gasteiger partial charge in [0.05, 0.1) is 28.2 Å². The highest BCUT2D eigenvalue weighted by molar-refractivity contribution is 5.34. The largest absolute Gasteiger partial charge is 0.492 e. The molecule has 85 heavy (non-hydrogen) atoms. The topological polar surface area (TPSA) is 46.2 Å². The Balaban J connectivity index is 0.000000532. The molecule has 0 saturated carbocycles. The van der Waals surface area contributed by atoms with Gasteiger partial charge in [0.2, 0.25) is 0 Å². The number of ether oxygens (including phenoxy) is 5. The van der Waals surface area contributed by atoms with E-state index in [1.54, 1.807) is 11.1 Å². The minimum Gasteiger partial charge on any atom is -0.492 e. The van der Waals surface area contributed by atoms with Crippen molar-refractivity contribution in [2.45, 2.75) is 385 Å². The Kier molecular flexibility index (Phi) is 21.9. The third kappa shape index (κ3) is 12.6. The Labute approximate surface area is 533 Å². The van der Waals surface area contributed by atoms with Gasteiger partial charge in [0.25, 0.3) is 0 Å². The summed E-state index contributed by atoms with van der Waals surface area (Å²) in [6.45, 7) is 114. The van der Waals surface area contributed by atoms with Gasteiger partial charge in [-0.3, -0.25) is 0 Å². The van der Waals surface area contributed by atoms with Crippen molar-refractivity contribution in [3.63, 3.8) is 0 Å². The Bertz CT molecular complexity index is 2500. The lowest BCUT2D eigenvalue weighted by molar-refractivity contribution is -0.190. The molecule has 5 aliphatic rings. The molecule has 0 aromatic carbocycles. The summed E-state index contributed by atoms with van der Waals surface area (Å²) in [4.78, 5) is 0. The molecule has 0 aromatic rings. The first-order valence-corrected chi connectivity index (χ1v) is 33.3. The maximum atomic E-state index is 6.52. The van der Waals surface area contributed by atoms with Gasteiger partial charge in [-0.2, -0.15) is 0 Å². The van der Waals surface area contributed by atoms with Crippen molar-refractivity contribution >= 4 is 0 Å². The van der Waals surface area contributed by atoms with Gasteiger partial charge in [-0.15, -0.1) is 0 Å². The summed E-state index contributed by atoms with van der Waals surface area (Å²) in [5.41, 5.74) is 10.8. The third-order valence-electron chi connectivity index (χ3n) is 31.5. The van der Waals surface area contributed by atoms with Crippen molar-refractivity contribution in [3.8, 4) is 0 Å². The Morgan fingerprint density at radius 3 is 0.694 bits per heavy atom. The van der Waals surface area contributed by atoms with Gasteiger partial charge in [-0.05, 0) is 221 Å². The molecule has 500 valence electrons. The number of allylic oxidation sites excluding steroid dienone is 7. The van der Waals surface area contributed by atoms with Crippen LogP contribution in [0.25, 0.3) is 0 Å². The van der Waals surface area contributed by atoms with E-state index in [4.69, 9.17) is 23.7 Å². The minimum absolute atomic E-state index is 0.0577. The fourth-order valence-corrected chi connectivity index (χ4v) is 14.9. The monoisotopic (exact) mass is 1190 g/mol. The fraction of sp³-hybridized carbons (Fsp3) is 0.875. The summed E-state index contributed by atoms with van der Waals surface area (Å²) in [5, 5.41) is 0. The van der Waals surface area contributed by atoms with Gasteiger partial charge in [-0.25, -0.2) is 0 Å². The zero-order valence-electron chi connectivity index (χ0n) is 67.0. The molecule has 0 fully saturated rings. The van der Waals surface area contributed by atoms with Gasteiger partial charge >= 0.3 is 0 Å². The predicted octanol–water partition coefficient (Wildman–Crippen LogP) is 25.4. The van der Waals surface area contributed by atoms with Gasteiger partial charge in [-0.1, -0.05) is 208 Å². The van der Waals surface area contributed by atoms with Crippen LogP contribution in [0.2, 0.25) is 0 Å². The molecular weight excluding hydrogens is 1040 g/mol. The molecule has 0 N–H and O–H groups in total. The van der Waals surface area contributed by atoms with Crippen molar-refractivity contribution in [3.05, 3.63) is 56.3 Å². The van der Waals surface area contributed by atoms with Gasteiger partial charge in [0, 0.05) is 27.1 Å². The molecule has 4 heterocycles. The molecule has 1 aliphatic carbocycles. The Morgan fingerprint density at radius 2 is 0.388 bits per heavy atom. The third-order valence-corrected chi connectivity index (χ3v) is 31.5. The van der Waals surface area contributed by atoms with E-state index in [1.165, 1.54) is 27.9 Å². The number of hydrogen-bond acceptors (Lipinski definition) is 5. The lowest BCUT2D eigenvalue weighted by atomic mass is 9.44. The maximum absolute atomic E-state index is 6.52. The van der Waals surface area contributed by atoms with E-state index in [1.807, 2.05) is 13.8 Å². The van der Waals surface area contributed by atoms with Crippen molar-refractivity contribution in [1.82, 2.24) is 0 Å². The van der Waals surface area contributed by atoms with Crippen LogP contribution >= 0.6 is 0 Å². The molecule has 0 saturated heterocycles. The van der Waals surface area contributed by atoms with E-state index in [0.717, 1.165) is 17.3 Å². The molecule has 0 spiro atoms. The van der Waals surface area contributed by atoms with E-state index in [2.05, 4.69) is 332 Å². The lowest BCUT2D eigenvalue weighted by Gasteiger charge is -2.60. The zero-order chi connectivity index (χ0) is 69.3. The van der Waals surface area contributed by atoms with Crippen LogP contribution in [0.15, 0.2) is 56.3 Å². The summed E-state index contributed by atoms with van der Waals surface area (Å²) in [5.74, 6) is 2.87. The number of rotatable bonds is 0. The highest BCUT2D eigenvalue weighted by Gasteiger charge is 2.63. The molecule has 0 atom stereocenters. The van der Waals surface area contributed by atoms with Crippen LogP contribution in [-0.2, 0) is 23.7 Å². The molecule has 0 bridgehead atoms. The standard InChI is InChI=1S/C19H36.3C16H30O.C13H24O2/c1-13-14(2)16(5,6)18(9,10)19(11,12)17(7,8)15(13,3)4;1-11-12(2)17-16(9,10)15(7,8)14(5,6)13(11,3)4;1-11-12(2)14(5,6)17-16(9,10)15(7,8)13(11,3)4;1-11-12(2)14(5,6)16(9,10)17-15(7,8)13(11,3)4;1-9-10(2)15-13(7,8)11(3,4)12(5,6)14-9/h1-12H3;3*1-10H3;1-8H3. The van der Waals surface area contributed by atoms with Gasteiger partial charge in [0.15, 0.2) is 0 Å². The van der Waals surface area contributed by atoms with Crippen LogP contribution in [0.5, 0.6) is 0 Å². The van der Waals surface area contributed by atoms with E-state index in [9.17, 15) is 0 Å². The molecule has 5 nitrogen and oxygen atoms in total. The second-order valence-electron chi connectivity index (χ2n) is 38.3. The van der Waals surface area contributed by atoms with Crippen molar-refractivity contribution < 1.29 is 23.7 Å². The second-order valence-corrected chi connectivity index (χ2v) is 38.3. The number of hydrogen-bond donors (Lipinski definition) is 0. The van der Waals surface area contributed by atoms with Crippen LogP contribution in [0.3, 0.4) is 0 Å². The molecular formula is C80H150O5. The van der Waals surface area contributed by atoms with E-state index >= 15 is 0 Å². The normalized spacial score (nSPS) is 29.7. The van der Waals surface area contributed by atoms with Gasteiger partial charge < -0.3 is 23.7 Å². The highest BCUT2D eigenvalue weighted by atomic mass is 16.6. The second kappa shape index (κ2) is 23.0. The SMILES string of the molecule is CC1=C(C)C(C)(C)C(C)(C)C(C)(C)C(C)(C)C1(C)C.CC1=C(C)C(C)(C)C(C)(C)C(C)(C)C(C)(C)O1.CC1=C(C)C(C)(C)C(C)(C)C(C)(C)OC1(C)C.CC1=C(C)C(C)(C)C(C)(C)OC(C)(C)C1(C)C.CC1=C(C)OC(C)(C)C(C)(C)C(C)(C)O1. The molecule has 0 radical (unpaired) electrons. The van der Waals surface area contributed by atoms with E-state index in [-0.39, 0.29) is 110 Å². The first-order chi connectivity index (χ1) is 36.4. The molecule has 0 aromatic heterocycles.